The van der Waals surface area contributed by atoms with Crippen LogP contribution < -0.4 is 27.2 Å². The summed E-state index contributed by atoms with van der Waals surface area (Å²) in [4.78, 5) is 0. The number of unbranched alkanes of at least 4 members (excludes halogenated alkanes) is 1. The van der Waals surface area contributed by atoms with Crippen LogP contribution >= 0.6 is 0 Å². The van der Waals surface area contributed by atoms with E-state index in [0.717, 1.165) is 18.0 Å². The first-order valence-corrected chi connectivity index (χ1v) is 7.22. The van der Waals surface area contributed by atoms with Gasteiger partial charge in [0.25, 0.3) is 0 Å². The maximum Gasteiger partial charge on any atom is 0.162 e. The van der Waals surface area contributed by atoms with Crippen molar-refractivity contribution >= 4 is 0 Å². The van der Waals surface area contributed by atoms with Gasteiger partial charge in [0.2, 0.25) is 0 Å². The van der Waals surface area contributed by atoms with Gasteiger partial charge in [-0.2, -0.15) is 0 Å². The van der Waals surface area contributed by atoms with Crippen LogP contribution in [-0.4, -0.2) is 24.3 Å². The summed E-state index contributed by atoms with van der Waals surface area (Å²) >= 11 is 0. The topological polar surface area (TPSA) is 30.5 Å². The molecule has 2 unspecified atom stereocenters. The maximum absolute atomic E-state index is 6.15. The fourth-order valence-electron chi connectivity index (χ4n) is 2.57. The molecular weight excluding hydrogens is 274 g/mol. The number of ether oxygens (including phenoxy) is 2. The third-order valence-corrected chi connectivity index (χ3v) is 3.61. The second-order valence-electron chi connectivity index (χ2n) is 5.79. The van der Waals surface area contributed by atoms with Crippen molar-refractivity contribution in [3.63, 3.8) is 0 Å². The number of halogens is 1. The summed E-state index contributed by atoms with van der Waals surface area (Å²) in [5.41, 5.74) is -0.326. The molecule has 0 spiro atoms. The molecule has 1 aromatic carbocycles. The molecule has 1 aliphatic heterocycles. The highest BCUT2D eigenvalue weighted by Crippen LogP contribution is 2.38. The first-order chi connectivity index (χ1) is 9.04. The van der Waals surface area contributed by atoms with Gasteiger partial charge in [-0.05, 0) is 45.9 Å². The van der Waals surface area contributed by atoms with Gasteiger partial charge in [-0.15, -0.1) is 0 Å². The Morgan fingerprint density at radius 3 is 2.55 bits per heavy atom. The molecule has 0 fully saturated rings. The average Bonchev–Trinajstić information content (AvgIpc) is 2.37. The molecular formula is C16H25ClNO2-. The zero-order chi connectivity index (χ0) is 13.9. The number of fused-ring (bicyclic) bond motifs is 1. The van der Waals surface area contributed by atoms with Crippen LogP contribution in [0.1, 0.15) is 40.5 Å². The molecule has 20 heavy (non-hydrogen) atoms. The third-order valence-electron chi connectivity index (χ3n) is 3.61. The maximum atomic E-state index is 6.15. The normalized spacial score (nSPS) is 20.9. The second kappa shape index (κ2) is 7.19. The number of benzene rings is 1. The van der Waals surface area contributed by atoms with E-state index in [1.807, 2.05) is 24.3 Å². The molecule has 2 rings (SSSR count). The molecule has 1 N–H and O–H groups in total. The molecule has 0 saturated heterocycles. The van der Waals surface area contributed by atoms with Gasteiger partial charge >= 0.3 is 0 Å². The van der Waals surface area contributed by atoms with Crippen molar-refractivity contribution in [3.8, 4) is 11.5 Å². The summed E-state index contributed by atoms with van der Waals surface area (Å²) in [5.74, 6) is 1.68. The smallest absolute Gasteiger partial charge is 0.162 e. The molecule has 0 amide bonds. The predicted molar refractivity (Wildman–Crippen MR) is 77.9 cm³/mol. The number of nitrogens with one attached hydrogen (secondary N) is 1. The van der Waals surface area contributed by atoms with Crippen LogP contribution in [0.5, 0.6) is 11.5 Å². The molecule has 0 radical (unpaired) electrons. The molecule has 3 nitrogen and oxygen atoms in total. The van der Waals surface area contributed by atoms with Crippen molar-refractivity contribution in [2.45, 2.75) is 58.3 Å². The molecule has 114 valence electrons. The van der Waals surface area contributed by atoms with Gasteiger partial charge < -0.3 is 27.2 Å². The van der Waals surface area contributed by atoms with Crippen molar-refractivity contribution < 1.29 is 21.9 Å². The largest absolute Gasteiger partial charge is 1.00 e. The van der Waals surface area contributed by atoms with Crippen LogP contribution in [-0.2, 0) is 0 Å². The highest BCUT2D eigenvalue weighted by molar-refractivity contribution is 5.42. The van der Waals surface area contributed by atoms with E-state index >= 15 is 0 Å². The van der Waals surface area contributed by atoms with Gasteiger partial charge in [-0.25, -0.2) is 0 Å². The summed E-state index contributed by atoms with van der Waals surface area (Å²) < 4.78 is 12.2. The van der Waals surface area contributed by atoms with E-state index in [-0.39, 0.29) is 30.2 Å². The molecule has 0 aliphatic carbocycles. The zero-order valence-corrected chi connectivity index (χ0v) is 13.5. The summed E-state index contributed by atoms with van der Waals surface area (Å²) in [5, 5.41) is 3.53. The number of rotatable bonds is 5. The van der Waals surface area contributed by atoms with Crippen LogP contribution in [0.4, 0.5) is 0 Å². The van der Waals surface area contributed by atoms with Gasteiger partial charge in [-0.1, -0.05) is 25.5 Å². The van der Waals surface area contributed by atoms with E-state index in [0.29, 0.717) is 0 Å². The SMILES string of the molecule is CCCCNC(C)C1Oc2ccccc2OC1(C)C.[Cl-]. The van der Waals surface area contributed by atoms with Crippen molar-refractivity contribution in [3.05, 3.63) is 24.3 Å². The minimum atomic E-state index is -0.326. The Balaban J connectivity index is 0.00000200. The van der Waals surface area contributed by atoms with Gasteiger partial charge in [-0.3, -0.25) is 0 Å². The van der Waals surface area contributed by atoms with Gasteiger partial charge in [0.15, 0.2) is 17.6 Å². The highest BCUT2D eigenvalue weighted by Gasteiger charge is 2.41. The Bertz CT molecular complexity index is 423. The molecule has 0 bridgehead atoms. The molecule has 1 heterocycles. The summed E-state index contributed by atoms with van der Waals surface area (Å²) in [6.07, 6.45) is 2.40. The van der Waals surface area contributed by atoms with Gasteiger partial charge in [0, 0.05) is 6.04 Å². The van der Waals surface area contributed by atoms with Gasteiger partial charge in [0.05, 0.1) is 0 Å². The minimum Gasteiger partial charge on any atom is -1.00 e. The van der Waals surface area contributed by atoms with E-state index in [2.05, 4.69) is 33.0 Å². The molecule has 0 aromatic heterocycles. The molecule has 0 saturated carbocycles. The Hall–Kier alpha value is -0.930. The molecule has 1 aliphatic rings. The van der Waals surface area contributed by atoms with Crippen LogP contribution in [0.3, 0.4) is 0 Å². The lowest BCUT2D eigenvalue weighted by Gasteiger charge is -2.42. The standard InChI is InChI=1S/C16H25NO2.ClH/c1-5-6-11-17-12(2)15-16(3,4)19-14-10-8-7-9-13(14)18-15;/h7-10,12,15,17H,5-6,11H2,1-4H3;1H/p-1. The van der Waals surface area contributed by atoms with Crippen LogP contribution in [0.25, 0.3) is 0 Å². The lowest BCUT2D eigenvalue weighted by molar-refractivity contribution is -0.0564. The Kier molecular flexibility index (Phi) is 6.15. The van der Waals surface area contributed by atoms with E-state index in [1.165, 1.54) is 12.8 Å². The number of para-hydroxylation sites is 2. The lowest BCUT2D eigenvalue weighted by Crippen LogP contribution is -3.00. The third kappa shape index (κ3) is 3.80. The zero-order valence-electron chi connectivity index (χ0n) is 12.8. The first kappa shape index (κ1) is 17.1. The minimum absolute atomic E-state index is 0. The first-order valence-electron chi connectivity index (χ1n) is 7.22. The van der Waals surface area contributed by atoms with Crippen molar-refractivity contribution in [1.29, 1.82) is 0 Å². The second-order valence-corrected chi connectivity index (χ2v) is 5.79. The lowest BCUT2D eigenvalue weighted by atomic mass is 9.94. The molecule has 1 aromatic rings. The molecule has 4 heteroatoms. The van der Waals surface area contributed by atoms with Crippen LogP contribution in [0.15, 0.2) is 24.3 Å². The van der Waals surface area contributed by atoms with Crippen LogP contribution in [0.2, 0.25) is 0 Å². The van der Waals surface area contributed by atoms with E-state index < -0.39 is 0 Å². The summed E-state index contributed by atoms with van der Waals surface area (Å²) in [6, 6.07) is 8.14. The van der Waals surface area contributed by atoms with Crippen molar-refractivity contribution in [2.75, 3.05) is 6.54 Å². The highest BCUT2D eigenvalue weighted by atomic mass is 35.5. The fraction of sp³-hybridized carbons (Fsp3) is 0.625. The number of hydrogen-bond acceptors (Lipinski definition) is 3. The summed E-state index contributed by atoms with van der Waals surface area (Å²) in [6.45, 7) is 9.57. The Morgan fingerprint density at radius 2 is 1.90 bits per heavy atom. The van der Waals surface area contributed by atoms with E-state index in [1.54, 1.807) is 0 Å². The van der Waals surface area contributed by atoms with E-state index in [9.17, 15) is 0 Å². The van der Waals surface area contributed by atoms with Gasteiger partial charge in [0.1, 0.15) is 5.60 Å². The predicted octanol–water partition coefficient (Wildman–Crippen LogP) is 0.387. The quantitative estimate of drug-likeness (QED) is 0.798. The fourth-order valence-corrected chi connectivity index (χ4v) is 2.57. The van der Waals surface area contributed by atoms with Crippen LogP contribution in [0, 0.1) is 0 Å². The average molecular weight is 299 g/mol. The van der Waals surface area contributed by atoms with Crippen molar-refractivity contribution in [2.24, 2.45) is 0 Å². The molecule has 2 atom stereocenters. The summed E-state index contributed by atoms with van der Waals surface area (Å²) in [7, 11) is 0. The Labute approximate surface area is 128 Å². The van der Waals surface area contributed by atoms with E-state index in [4.69, 9.17) is 9.47 Å². The Morgan fingerprint density at radius 1 is 1.25 bits per heavy atom. The van der Waals surface area contributed by atoms with Crippen molar-refractivity contribution in [1.82, 2.24) is 5.32 Å². The number of hydrogen-bond donors (Lipinski definition) is 1. The monoisotopic (exact) mass is 298 g/mol.